The average molecular weight is 339 g/mol. The van der Waals surface area contributed by atoms with Gasteiger partial charge in [0.2, 0.25) is 11.8 Å². The Balaban J connectivity index is 1.99. The van der Waals surface area contributed by atoms with E-state index in [1.807, 2.05) is 24.3 Å². The largest absolute Gasteiger partial charge is 0.383 e. The van der Waals surface area contributed by atoms with Crippen LogP contribution < -0.4 is 10.6 Å². The Morgan fingerprint density at radius 2 is 1.83 bits per heavy atom. The molecule has 2 amide bonds. The van der Waals surface area contributed by atoms with Crippen LogP contribution in [0, 0.1) is 0 Å². The van der Waals surface area contributed by atoms with Gasteiger partial charge in [-0.3, -0.25) is 9.59 Å². The van der Waals surface area contributed by atoms with Crippen molar-refractivity contribution < 1.29 is 14.3 Å². The highest BCUT2D eigenvalue weighted by atomic mass is 35.5. The first-order valence-corrected chi connectivity index (χ1v) is 8.26. The molecule has 0 aliphatic heterocycles. The fourth-order valence-corrected chi connectivity index (χ4v) is 3.21. The van der Waals surface area contributed by atoms with Gasteiger partial charge in [-0.1, -0.05) is 36.6 Å². The summed E-state index contributed by atoms with van der Waals surface area (Å²) in [5.74, 6) is -0.293. The molecule has 0 spiro atoms. The molecule has 0 atom stereocenters. The standard InChI is InChI=1S/C17H23ClN2O3/c1-23-11-10-19-15(21)12-20-16(22)17(8-2-3-9-17)13-4-6-14(18)7-5-13/h4-7H,2-3,8-12H2,1H3,(H,19,21)(H,20,22). The molecule has 126 valence electrons. The van der Waals surface area contributed by atoms with E-state index in [1.54, 1.807) is 7.11 Å². The number of amides is 2. The number of halogens is 1. The van der Waals surface area contributed by atoms with E-state index in [1.165, 1.54) is 0 Å². The van der Waals surface area contributed by atoms with Crippen molar-refractivity contribution in [3.63, 3.8) is 0 Å². The Hall–Kier alpha value is -1.59. The van der Waals surface area contributed by atoms with Crippen LogP contribution in [0.1, 0.15) is 31.2 Å². The van der Waals surface area contributed by atoms with Crippen LogP contribution in [0.2, 0.25) is 5.02 Å². The van der Waals surface area contributed by atoms with Crippen molar-refractivity contribution in [1.82, 2.24) is 10.6 Å². The predicted octanol–water partition coefficient (Wildman–Crippen LogP) is 2.03. The predicted molar refractivity (Wildman–Crippen MR) is 89.5 cm³/mol. The van der Waals surface area contributed by atoms with Gasteiger partial charge in [0.25, 0.3) is 0 Å². The fourth-order valence-electron chi connectivity index (χ4n) is 3.08. The lowest BCUT2D eigenvalue weighted by molar-refractivity contribution is -0.129. The van der Waals surface area contributed by atoms with Crippen molar-refractivity contribution in [2.45, 2.75) is 31.1 Å². The van der Waals surface area contributed by atoms with Gasteiger partial charge in [-0.15, -0.1) is 0 Å². The van der Waals surface area contributed by atoms with Crippen molar-refractivity contribution in [1.29, 1.82) is 0 Å². The minimum atomic E-state index is -0.544. The summed E-state index contributed by atoms with van der Waals surface area (Å²) in [4.78, 5) is 24.5. The molecule has 2 rings (SSSR count). The molecule has 0 heterocycles. The van der Waals surface area contributed by atoms with Gasteiger partial charge in [-0.05, 0) is 30.5 Å². The number of nitrogens with one attached hydrogen (secondary N) is 2. The number of carbonyl (C=O) groups excluding carboxylic acids is 2. The zero-order valence-electron chi connectivity index (χ0n) is 13.4. The van der Waals surface area contributed by atoms with E-state index in [4.69, 9.17) is 16.3 Å². The minimum Gasteiger partial charge on any atom is -0.383 e. The number of carbonyl (C=O) groups is 2. The molecule has 1 aromatic carbocycles. The molecule has 1 saturated carbocycles. The Morgan fingerprint density at radius 3 is 2.43 bits per heavy atom. The first-order chi connectivity index (χ1) is 11.1. The van der Waals surface area contributed by atoms with E-state index in [-0.39, 0.29) is 18.4 Å². The molecular formula is C17H23ClN2O3. The second kappa shape index (κ2) is 8.31. The van der Waals surface area contributed by atoms with Gasteiger partial charge in [-0.2, -0.15) is 0 Å². The summed E-state index contributed by atoms with van der Waals surface area (Å²) < 4.78 is 4.87. The number of rotatable bonds is 7. The Bertz CT molecular complexity index is 539. The van der Waals surface area contributed by atoms with E-state index >= 15 is 0 Å². The van der Waals surface area contributed by atoms with Crippen molar-refractivity contribution in [2.75, 3.05) is 26.8 Å². The third-order valence-corrected chi connectivity index (χ3v) is 4.58. The SMILES string of the molecule is COCCNC(=O)CNC(=O)C1(c2ccc(Cl)cc2)CCCC1. The van der Waals surface area contributed by atoms with Crippen molar-refractivity contribution in [3.8, 4) is 0 Å². The summed E-state index contributed by atoms with van der Waals surface area (Å²) in [6.07, 6.45) is 3.61. The van der Waals surface area contributed by atoms with Crippen LogP contribution in [0.25, 0.3) is 0 Å². The smallest absolute Gasteiger partial charge is 0.239 e. The maximum Gasteiger partial charge on any atom is 0.239 e. The zero-order valence-corrected chi connectivity index (χ0v) is 14.1. The van der Waals surface area contributed by atoms with Gasteiger partial charge in [-0.25, -0.2) is 0 Å². The van der Waals surface area contributed by atoms with E-state index in [2.05, 4.69) is 10.6 Å². The lowest BCUT2D eigenvalue weighted by Gasteiger charge is -2.28. The van der Waals surface area contributed by atoms with E-state index < -0.39 is 5.41 Å². The Labute approximate surface area is 141 Å². The molecule has 5 nitrogen and oxygen atoms in total. The molecule has 1 fully saturated rings. The molecule has 0 bridgehead atoms. The summed E-state index contributed by atoms with van der Waals surface area (Å²) in [7, 11) is 1.57. The molecule has 0 radical (unpaired) electrons. The van der Waals surface area contributed by atoms with Crippen molar-refractivity contribution in [2.24, 2.45) is 0 Å². The highest BCUT2D eigenvalue weighted by molar-refractivity contribution is 6.30. The summed E-state index contributed by atoms with van der Waals surface area (Å²) >= 11 is 5.94. The molecule has 23 heavy (non-hydrogen) atoms. The highest BCUT2D eigenvalue weighted by Crippen LogP contribution is 2.41. The lowest BCUT2D eigenvalue weighted by atomic mass is 9.78. The lowest BCUT2D eigenvalue weighted by Crippen LogP contribution is -2.46. The molecule has 2 N–H and O–H groups in total. The van der Waals surface area contributed by atoms with Gasteiger partial charge >= 0.3 is 0 Å². The molecule has 0 unspecified atom stereocenters. The maximum atomic E-state index is 12.7. The van der Waals surface area contributed by atoms with Crippen molar-refractivity contribution in [3.05, 3.63) is 34.9 Å². The number of hydrogen-bond acceptors (Lipinski definition) is 3. The first-order valence-electron chi connectivity index (χ1n) is 7.88. The molecule has 1 aromatic rings. The van der Waals surface area contributed by atoms with E-state index in [9.17, 15) is 9.59 Å². The number of ether oxygens (including phenoxy) is 1. The topological polar surface area (TPSA) is 67.4 Å². The van der Waals surface area contributed by atoms with Gasteiger partial charge < -0.3 is 15.4 Å². The van der Waals surface area contributed by atoms with Crippen LogP contribution in [0.5, 0.6) is 0 Å². The van der Waals surface area contributed by atoms with Gasteiger partial charge in [0.1, 0.15) is 0 Å². The quantitative estimate of drug-likeness (QED) is 0.747. The highest BCUT2D eigenvalue weighted by Gasteiger charge is 2.42. The fraction of sp³-hybridized carbons (Fsp3) is 0.529. The van der Waals surface area contributed by atoms with Crippen LogP contribution in [0.3, 0.4) is 0 Å². The van der Waals surface area contributed by atoms with Crippen LogP contribution in [0.4, 0.5) is 0 Å². The second-order valence-corrected chi connectivity index (χ2v) is 6.26. The van der Waals surface area contributed by atoms with Gasteiger partial charge in [0, 0.05) is 18.7 Å². The van der Waals surface area contributed by atoms with Crippen LogP contribution >= 0.6 is 11.6 Å². The Kier molecular flexibility index (Phi) is 6.42. The minimum absolute atomic E-state index is 0.0160. The summed E-state index contributed by atoms with van der Waals surface area (Å²) in [6.45, 7) is 0.875. The first kappa shape index (κ1) is 17.8. The number of methoxy groups -OCH3 is 1. The summed E-state index contributed by atoms with van der Waals surface area (Å²) in [5, 5.41) is 6.13. The molecule has 1 aliphatic rings. The van der Waals surface area contributed by atoms with Gasteiger partial charge in [0.15, 0.2) is 0 Å². The van der Waals surface area contributed by atoms with E-state index in [0.717, 1.165) is 31.2 Å². The molecule has 1 aliphatic carbocycles. The molecule has 6 heteroatoms. The third kappa shape index (κ3) is 4.45. The number of hydrogen-bond donors (Lipinski definition) is 2. The van der Waals surface area contributed by atoms with E-state index in [0.29, 0.717) is 18.2 Å². The molecule has 0 saturated heterocycles. The Morgan fingerprint density at radius 1 is 1.17 bits per heavy atom. The molecular weight excluding hydrogens is 316 g/mol. The zero-order chi connectivity index (χ0) is 16.7. The average Bonchev–Trinajstić information content (AvgIpc) is 3.04. The van der Waals surface area contributed by atoms with Crippen LogP contribution in [0.15, 0.2) is 24.3 Å². The normalized spacial score (nSPS) is 16.1. The third-order valence-electron chi connectivity index (χ3n) is 4.33. The monoisotopic (exact) mass is 338 g/mol. The number of benzene rings is 1. The van der Waals surface area contributed by atoms with Gasteiger partial charge in [0.05, 0.1) is 18.6 Å². The van der Waals surface area contributed by atoms with Crippen LogP contribution in [-0.2, 0) is 19.7 Å². The summed E-state index contributed by atoms with van der Waals surface area (Å²) in [5.41, 5.74) is 0.425. The molecule has 0 aromatic heterocycles. The van der Waals surface area contributed by atoms with Crippen LogP contribution in [-0.4, -0.2) is 38.6 Å². The van der Waals surface area contributed by atoms with Crippen molar-refractivity contribution >= 4 is 23.4 Å². The maximum absolute atomic E-state index is 12.7. The second-order valence-electron chi connectivity index (χ2n) is 5.82. The summed E-state index contributed by atoms with van der Waals surface area (Å²) in [6, 6.07) is 7.43.